The molecule has 1 aliphatic rings. The number of methoxy groups -OCH3 is 1. The van der Waals surface area contributed by atoms with Crippen molar-refractivity contribution in [1.29, 1.82) is 0 Å². The van der Waals surface area contributed by atoms with Crippen LogP contribution in [-0.4, -0.2) is 31.0 Å². The van der Waals surface area contributed by atoms with Gasteiger partial charge in [0.1, 0.15) is 4.88 Å². The molecule has 0 unspecified atom stereocenters. The minimum atomic E-state index is -0.553. The molecule has 8 heteroatoms. The van der Waals surface area contributed by atoms with Gasteiger partial charge in [0.25, 0.3) is 0 Å². The van der Waals surface area contributed by atoms with Gasteiger partial charge in [-0.15, -0.1) is 23.1 Å². The molecule has 0 atom stereocenters. The first-order valence-electron chi connectivity index (χ1n) is 8.58. The molecule has 148 valence electrons. The van der Waals surface area contributed by atoms with Gasteiger partial charge in [-0.1, -0.05) is 30.6 Å². The van der Waals surface area contributed by atoms with E-state index < -0.39 is 5.97 Å². The quantitative estimate of drug-likeness (QED) is 0.275. The molecule has 2 aromatic rings. The minimum absolute atomic E-state index is 0.127. The largest absolute Gasteiger partial charge is 0.465 e. The van der Waals surface area contributed by atoms with Crippen LogP contribution in [0.3, 0.4) is 0 Å². The fraction of sp³-hybridized carbons (Fsp3) is 0.350. The Balaban J connectivity index is 1.99. The Morgan fingerprint density at radius 2 is 1.86 bits per heavy atom. The fourth-order valence-corrected chi connectivity index (χ4v) is 5.35. The molecule has 0 fully saturated rings. The monoisotopic (exact) mass is 437 g/mol. The number of benzene rings is 1. The van der Waals surface area contributed by atoms with Gasteiger partial charge < -0.3 is 9.57 Å². The Kier molecular flexibility index (Phi) is 6.17. The lowest BCUT2D eigenvalue weighted by Crippen LogP contribution is -2.28. The predicted octanol–water partition coefficient (Wildman–Crippen LogP) is 5.44. The fourth-order valence-electron chi connectivity index (χ4n) is 3.20. The molecule has 28 heavy (non-hydrogen) atoms. The van der Waals surface area contributed by atoms with Crippen molar-refractivity contribution in [2.45, 2.75) is 30.9 Å². The van der Waals surface area contributed by atoms with Gasteiger partial charge in [0.15, 0.2) is 0 Å². The van der Waals surface area contributed by atoms with Crippen molar-refractivity contribution in [3.8, 4) is 0 Å². The maximum atomic E-state index is 12.3. The number of oxime groups is 1. The number of ether oxygens (including phenoxy) is 1. The summed E-state index contributed by atoms with van der Waals surface area (Å²) in [5.74, 6) is -0.903. The molecule has 1 heterocycles. The van der Waals surface area contributed by atoms with Gasteiger partial charge in [0, 0.05) is 10.6 Å². The van der Waals surface area contributed by atoms with E-state index in [-0.39, 0.29) is 11.4 Å². The van der Waals surface area contributed by atoms with Crippen LogP contribution in [0.1, 0.15) is 51.4 Å². The molecule has 0 aliphatic heterocycles. The third-order valence-electron chi connectivity index (χ3n) is 4.44. The summed E-state index contributed by atoms with van der Waals surface area (Å²) in [4.78, 5) is 30.4. The average molecular weight is 438 g/mol. The highest BCUT2D eigenvalue weighted by molar-refractivity contribution is 8.00. The van der Waals surface area contributed by atoms with E-state index in [0.29, 0.717) is 27.6 Å². The summed E-state index contributed by atoms with van der Waals surface area (Å²) < 4.78 is 5.92. The number of hydrogen-bond donors (Lipinski definition) is 0. The molecule has 0 saturated carbocycles. The van der Waals surface area contributed by atoms with Gasteiger partial charge in [-0.2, -0.15) is 0 Å². The number of fused-ring (bicyclic) bond motifs is 1. The molecular formula is C20H20ClNO4S2. The highest BCUT2D eigenvalue weighted by Crippen LogP contribution is 2.45. The van der Waals surface area contributed by atoms with Crippen molar-refractivity contribution in [2.75, 3.05) is 13.4 Å². The molecule has 3 rings (SSSR count). The van der Waals surface area contributed by atoms with E-state index in [1.807, 2.05) is 6.26 Å². The number of carbonyl (C=O) groups excluding carboxylic acids is 2. The molecule has 0 amide bonds. The lowest BCUT2D eigenvalue weighted by atomic mass is 9.74. The second-order valence-electron chi connectivity index (χ2n) is 7.21. The van der Waals surface area contributed by atoms with E-state index in [1.165, 1.54) is 18.4 Å². The summed E-state index contributed by atoms with van der Waals surface area (Å²) in [6, 6.07) is 6.43. The molecule has 0 saturated heterocycles. The van der Waals surface area contributed by atoms with Crippen LogP contribution in [0.25, 0.3) is 0 Å². The van der Waals surface area contributed by atoms with Crippen LogP contribution in [0.4, 0.5) is 0 Å². The number of esters is 1. The topological polar surface area (TPSA) is 65.0 Å². The minimum Gasteiger partial charge on any atom is -0.465 e. The Bertz CT molecular complexity index is 948. The Morgan fingerprint density at radius 3 is 2.46 bits per heavy atom. The first-order chi connectivity index (χ1) is 13.3. The maximum Gasteiger partial charge on any atom is 0.365 e. The van der Waals surface area contributed by atoms with Crippen molar-refractivity contribution in [2.24, 2.45) is 10.6 Å². The molecule has 1 aromatic heterocycles. The smallest absolute Gasteiger partial charge is 0.365 e. The number of nitrogens with zero attached hydrogens (tertiary/aromatic N) is 1. The van der Waals surface area contributed by atoms with Gasteiger partial charge >= 0.3 is 11.9 Å². The molecule has 1 aliphatic carbocycles. The summed E-state index contributed by atoms with van der Waals surface area (Å²) in [5, 5.41) is 4.74. The van der Waals surface area contributed by atoms with Gasteiger partial charge in [0.05, 0.1) is 22.6 Å². The van der Waals surface area contributed by atoms with E-state index in [0.717, 1.165) is 21.8 Å². The molecule has 0 spiro atoms. The number of rotatable bonds is 4. The SMILES string of the molecule is COC(=O)c1sc(SC)c2c1CC(C)(C)C/C2=N/OC(=O)c1ccc(Cl)cc1. The van der Waals surface area contributed by atoms with E-state index >= 15 is 0 Å². The summed E-state index contributed by atoms with van der Waals surface area (Å²) in [7, 11) is 1.38. The summed E-state index contributed by atoms with van der Waals surface area (Å²) >= 11 is 8.80. The second kappa shape index (κ2) is 8.27. The number of carbonyl (C=O) groups is 2. The van der Waals surface area contributed by atoms with E-state index in [9.17, 15) is 9.59 Å². The lowest BCUT2D eigenvalue weighted by Gasteiger charge is -2.31. The van der Waals surface area contributed by atoms with Crippen molar-refractivity contribution in [3.05, 3.63) is 50.9 Å². The van der Waals surface area contributed by atoms with Crippen LogP contribution in [0.5, 0.6) is 0 Å². The summed E-state index contributed by atoms with van der Waals surface area (Å²) in [6.07, 6.45) is 3.32. The normalized spacial score (nSPS) is 16.5. The van der Waals surface area contributed by atoms with Crippen LogP contribution in [0, 0.1) is 5.41 Å². The average Bonchev–Trinajstić information content (AvgIpc) is 3.03. The number of thioether (sulfide) groups is 1. The predicted molar refractivity (Wildman–Crippen MR) is 113 cm³/mol. The third kappa shape index (κ3) is 4.26. The number of hydrogen-bond acceptors (Lipinski definition) is 7. The van der Waals surface area contributed by atoms with Crippen molar-refractivity contribution in [3.63, 3.8) is 0 Å². The van der Waals surface area contributed by atoms with Crippen molar-refractivity contribution < 1.29 is 19.2 Å². The van der Waals surface area contributed by atoms with Crippen LogP contribution < -0.4 is 0 Å². The first-order valence-corrected chi connectivity index (χ1v) is 11.0. The summed E-state index contributed by atoms with van der Waals surface area (Å²) in [5.41, 5.74) is 2.72. The third-order valence-corrected chi connectivity index (χ3v) is 7.02. The Labute approximate surface area is 177 Å². The molecule has 0 radical (unpaired) electrons. The molecule has 0 bridgehead atoms. The zero-order valence-corrected chi connectivity index (χ0v) is 18.4. The van der Waals surface area contributed by atoms with Crippen LogP contribution >= 0.6 is 34.7 Å². The maximum absolute atomic E-state index is 12.3. The van der Waals surface area contributed by atoms with E-state index in [1.54, 1.807) is 36.0 Å². The molecular weight excluding hydrogens is 418 g/mol. The Hall–Kier alpha value is -1.83. The highest BCUT2D eigenvalue weighted by Gasteiger charge is 2.37. The number of halogens is 1. The van der Waals surface area contributed by atoms with Gasteiger partial charge in [-0.25, -0.2) is 9.59 Å². The zero-order valence-electron chi connectivity index (χ0n) is 16.0. The zero-order chi connectivity index (χ0) is 20.5. The van der Waals surface area contributed by atoms with Gasteiger partial charge in [-0.05, 0) is 54.3 Å². The van der Waals surface area contributed by atoms with Crippen LogP contribution in [0.15, 0.2) is 33.6 Å². The van der Waals surface area contributed by atoms with Crippen LogP contribution in [0.2, 0.25) is 5.02 Å². The standard InChI is InChI=1S/C20H20ClNO4S2/c1-20(2)9-13-15(19(27-4)28-16(13)18(24)25-3)14(10-20)22-26-17(23)11-5-7-12(21)8-6-11/h5-8H,9-10H2,1-4H3/b22-14-. The van der Waals surface area contributed by atoms with Crippen molar-refractivity contribution >= 4 is 52.3 Å². The summed E-state index contributed by atoms with van der Waals surface area (Å²) in [6.45, 7) is 4.20. The molecule has 0 N–H and O–H groups in total. The van der Waals surface area contributed by atoms with E-state index in [2.05, 4.69) is 19.0 Å². The van der Waals surface area contributed by atoms with E-state index in [4.69, 9.17) is 21.2 Å². The molecule has 1 aromatic carbocycles. The van der Waals surface area contributed by atoms with Gasteiger partial charge in [0.2, 0.25) is 0 Å². The van der Waals surface area contributed by atoms with Crippen molar-refractivity contribution in [1.82, 2.24) is 0 Å². The lowest BCUT2D eigenvalue weighted by molar-refractivity contribution is 0.0512. The number of thiophene rings is 1. The van der Waals surface area contributed by atoms with Crippen LogP contribution in [-0.2, 0) is 16.0 Å². The molecule has 5 nitrogen and oxygen atoms in total. The second-order valence-corrected chi connectivity index (χ2v) is 9.74. The highest BCUT2D eigenvalue weighted by atomic mass is 35.5. The van der Waals surface area contributed by atoms with Gasteiger partial charge in [-0.3, -0.25) is 0 Å². The Morgan fingerprint density at radius 1 is 1.18 bits per heavy atom. The first kappa shape index (κ1) is 20.9.